The van der Waals surface area contributed by atoms with Gasteiger partial charge in [-0.3, -0.25) is 14.5 Å². The summed E-state index contributed by atoms with van der Waals surface area (Å²) >= 11 is 0. The predicted octanol–water partition coefficient (Wildman–Crippen LogP) is 2.85. The highest BCUT2D eigenvalue weighted by molar-refractivity contribution is 7.92. The zero-order valence-corrected chi connectivity index (χ0v) is 21.5. The van der Waals surface area contributed by atoms with Crippen molar-refractivity contribution in [1.82, 2.24) is 15.0 Å². The topological polar surface area (TPSA) is 143 Å². The predicted molar refractivity (Wildman–Crippen MR) is 131 cm³/mol. The maximum Gasteiger partial charge on any atom is 0.331 e. The molecule has 1 aliphatic rings. The molecule has 0 saturated heterocycles. The van der Waals surface area contributed by atoms with Gasteiger partial charge < -0.3 is 0 Å². The number of sulfone groups is 1. The number of aromatic nitrogens is 3. The minimum Gasteiger partial charge on any atom is -0.282 e. The fourth-order valence-electron chi connectivity index (χ4n) is 3.67. The van der Waals surface area contributed by atoms with E-state index in [-0.39, 0.29) is 23.9 Å². The Labute approximate surface area is 212 Å². The Morgan fingerprint density at radius 1 is 1.03 bits per heavy atom. The highest BCUT2D eigenvalue weighted by atomic mass is 32.2. The van der Waals surface area contributed by atoms with Crippen molar-refractivity contribution in [2.24, 2.45) is 0 Å². The Morgan fingerprint density at radius 3 is 2.30 bits per heavy atom. The number of anilines is 3. The van der Waals surface area contributed by atoms with E-state index in [0.717, 1.165) is 35.6 Å². The van der Waals surface area contributed by atoms with Crippen LogP contribution in [0.5, 0.6) is 0 Å². The van der Waals surface area contributed by atoms with Crippen molar-refractivity contribution in [3.8, 4) is 0 Å². The molecule has 4 rings (SSSR count). The third-order valence-corrected chi connectivity index (χ3v) is 7.40. The monoisotopic (exact) mass is 552 g/mol. The number of urea groups is 1. The average molecular weight is 553 g/mol. The number of benzene rings is 1. The summed E-state index contributed by atoms with van der Waals surface area (Å²) in [6.07, 6.45) is 3.26. The van der Waals surface area contributed by atoms with Gasteiger partial charge in [-0.25, -0.2) is 45.4 Å². The van der Waals surface area contributed by atoms with E-state index in [4.69, 9.17) is 0 Å². The first-order valence-electron chi connectivity index (χ1n) is 10.8. The molecule has 0 unspecified atom stereocenters. The van der Waals surface area contributed by atoms with Crippen LogP contribution in [0.4, 0.5) is 30.9 Å². The van der Waals surface area contributed by atoms with Crippen molar-refractivity contribution in [3.05, 3.63) is 65.5 Å². The normalized spacial score (nSPS) is 14.2. The van der Waals surface area contributed by atoms with Gasteiger partial charge in [0.2, 0.25) is 25.0 Å². The number of rotatable bonds is 7. The lowest BCUT2D eigenvalue weighted by atomic mass is 10.2. The molecule has 0 saturated carbocycles. The highest BCUT2D eigenvalue weighted by Crippen LogP contribution is 2.33. The van der Waals surface area contributed by atoms with Crippen LogP contribution in [-0.4, -0.2) is 50.1 Å². The number of nitrogens with one attached hydrogen (secondary N) is 1. The van der Waals surface area contributed by atoms with Gasteiger partial charge in [0.25, 0.3) is 0 Å². The molecule has 1 aliphatic heterocycles. The van der Waals surface area contributed by atoms with E-state index in [2.05, 4.69) is 19.7 Å². The Kier molecular flexibility index (Phi) is 6.85. The number of carbonyl (C=O) groups is 1. The minimum atomic E-state index is -3.98. The summed E-state index contributed by atoms with van der Waals surface area (Å²) in [5, 5.41) is -0.445. The van der Waals surface area contributed by atoms with Crippen LogP contribution in [0.15, 0.2) is 47.9 Å². The van der Waals surface area contributed by atoms with E-state index in [9.17, 15) is 26.0 Å². The van der Waals surface area contributed by atoms with Crippen molar-refractivity contribution >= 4 is 43.2 Å². The van der Waals surface area contributed by atoms with Gasteiger partial charge in [0, 0.05) is 30.1 Å². The Hall–Kier alpha value is -3.72. The second kappa shape index (κ2) is 9.63. The van der Waals surface area contributed by atoms with Crippen molar-refractivity contribution in [3.63, 3.8) is 0 Å². The maximum atomic E-state index is 15.1. The van der Waals surface area contributed by atoms with Gasteiger partial charge in [-0.05, 0) is 31.5 Å². The fourth-order valence-corrected chi connectivity index (χ4v) is 5.34. The van der Waals surface area contributed by atoms with Crippen LogP contribution in [0.1, 0.15) is 25.0 Å². The van der Waals surface area contributed by atoms with Crippen LogP contribution < -0.4 is 14.5 Å². The summed E-state index contributed by atoms with van der Waals surface area (Å²) in [7, 11) is -7.71. The maximum absolute atomic E-state index is 15.1. The first-order valence-corrected chi connectivity index (χ1v) is 14.4. The lowest BCUT2D eigenvalue weighted by molar-refractivity contribution is 0.247. The van der Waals surface area contributed by atoms with E-state index in [1.165, 1.54) is 23.2 Å². The van der Waals surface area contributed by atoms with E-state index < -0.39 is 54.5 Å². The van der Waals surface area contributed by atoms with Gasteiger partial charge in [0.15, 0.2) is 11.6 Å². The molecule has 0 radical (unpaired) electrons. The van der Waals surface area contributed by atoms with Gasteiger partial charge in [-0.2, -0.15) is 0 Å². The summed E-state index contributed by atoms with van der Waals surface area (Å²) in [5.41, 5.74) is 0.521. The molecule has 196 valence electrons. The number of fused-ring (bicyclic) bond motifs is 1. The number of sulfonamides is 1. The first-order chi connectivity index (χ1) is 17.2. The largest absolute Gasteiger partial charge is 0.331 e. The highest BCUT2D eigenvalue weighted by Gasteiger charge is 2.37. The number of hydrogen-bond acceptors (Lipinski definition) is 8. The second-order valence-electron chi connectivity index (χ2n) is 8.62. The summed E-state index contributed by atoms with van der Waals surface area (Å²) in [5.74, 6) is -2.23. The van der Waals surface area contributed by atoms with Gasteiger partial charge in [-0.15, -0.1) is 0 Å². The lowest BCUT2D eigenvalue weighted by Gasteiger charge is -2.37. The van der Waals surface area contributed by atoms with Gasteiger partial charge in [-0.1, -0.05) is 12.1 Å². The third kappa shape index (κ3) is 5.67. The van der Waals surface area contributed by atoms with Crippen molar-refractivity contribution in [2.45, 2.75) is 37.3 Å². The van der Waals surface area contributed by atoms with E-state index in [0.29, 0.717) is 11.1 Å². The molecule has 0 aliphatic carbocycles. The number of nitrogens with zero attached hydrogens (tertiary/aromatic N) is 5. The molecule has 15 heteroatoms. The molecule has 11 nitrogen and oxygen atoms in total. The number of carbonyl (C=O) groups excluding carboxylic acids is 1. The molecule has 1 aromatic carbocycles. The smallest absolute Gasteiger partial charge is 0.282 e. The molecule has 2 aromatic heterocycles. The van der Waals surface area contributed by atoms with Gasteiger partial charge in [0.1, 0.15) is 11.6 Å². The SMILES string of the molecule is CC(C)N1C(=O)N(c2ncc(NS(=O)(=O)Cc3ccc(F)cc3)cc2F)Cc2cnc(S(C)(=O)=O)nc21. The Bertz CT molecular complexity index is 1580. The van der Waals surface area contributed by atoms with Crippen LogP contribution in [0, 0.1) is 11.6 Å². The zero-order valence-electron chi connectivity index (χ0n) is 19.9. The number of halogens is 2. The Morgan fingerprint density at radius 2 is 1.70 bits per heavy atom. The van der Waals surface area contributed by atoms with Gasteiger partial charge >= 0.3 is 6.03 Å². The number of hydrogen-bond donors (Lipinski definition) is 1. The van der Waals surface area contributed by atoms with E-state index in [1.54, 1.807) is 13.8 Å². The van der Waals surface area contributed by atoms with Gasteiger partial charge in [0.05, 0.1) is 24.2 Å². The van der Waals surface area contributed by atoms with Crippen LogP contribution >= 0.6 is 0 Å². The quantitative estimate of drug-likeness (QED) is 0.441. The molecular formula is C22H22F2N6O5S2. The third-order valence-electron chi connectivity index (χ3n) is 5.28. The lowest BCUT2D eigenvalue weighted by Crippen LogP contribution is -2.51. The standard InChI is InChI=1S/C22H22F2N6O5S2/c1-13(2)30-19-15(9-26-21(27-19)36(3,32)33)11-29(22(30)31)20-18(24)8-17(10-25-20)28-37(34,35)12-14-4-6-16(23)7-5-14/h4-10,13,28H,11-12H2,1-3H3. The van der Waals surface area contributed by atoms with Crippen LogP contribution in [0.2, 0.25) is 0 Å². The summed E-state index contributed by atoms with van der Waals surface area (Å²) in [4.78, 5) is 27.4. The molecule has 0 spiro atoms. The summed E-state index contributed by atoms with van der Waals surface area (Å²) < 4.78 is 79.1. The molecule has 2 amide bonds. The molecule has 0 atom stereocenters. The summed E-state index contributed by atoms with van der Waals surface area (Å²) in [6.45, 7) is 3.16. The fraction of sp³-hybridized carbons (Fsp3) is 0.273. The van der Waals surface area contributed by atoms with Crippen LogP contribution in [0.3, 0.4) is 0 Å². The van der Waals surface area contributed by atoms with E-state index in [1.807, 2.05) is 0 Å². The minimum absolute atomic E-state index is 0.0947. The number of amides is 2. The molecule has 3 aromatic rings. The average Bonchev–Trinajstić information content (AvgIpc) is 2.79. The zero-order chi connectivity index (χ0) is 27.1. The van der Waals surface area contributed by atoms with E-state index >= 15 is 4.39 Å². The van der Waals surface area contributed by atoms with Crippen molar-refractivity contribution < 1.29 is 30.4 Å². The molecule has 3 heterocycles. The van der Waals surface area contributed by atoms with Crippen LogP contribution in [0.25, 0.3) is 0 Å². The molecule has 0 bridgehead atoms. The second-order valence-corrected chi connectivity index (χ2v) is 12.3. The molecule has 1 N–H and O–H groups in total. The van der Waals surface area contributed by atoms with Crippen molar-refractivity contribution in [2.75, 3.05) is 20.8 Å². The van der Waals surface area contributed by atoms with Crippen molar-refractivity contribution in [1.29, 1.82) is 0 Å². The number of pyridine rings is 1. The molecule has 0 fully saturated rings. The van der Waals surface area contributed by atoms with Crippen LogP contribution in [-0.2, 0) is 32.2 Å². The molecular weight excluding hydrogens is 530 g/mol. The Balaban J connectivity index is 1.61. The first kappa shape index (κ1) is 26.3. The summed E-state index contributed by atoms with van der Waals surface area (Å²) in [6, 6.07) is 4.60. The molecule has 37 heavy (non-hydrogen) atoms.